The van der Waals surface area contributed by atoms with E-state index in [1.165, 1.54) is 13.4 Å². The quantitative estimate of drug-likeness (QED) is 0.684. The number of nitrogens with two attached hydrogens (primary N) is 1. The molecular weight excluding hydrogens is 346 g/mol. The number of carbonyl (C=O) groups is 2. The molecular formula is C19H19N5O3. The van der Waals surface area contributed by atoms with E-state index in [4.69, 9.17) is 10.5 Å². The van der Waals surface area contributed by atoms with Gasteiger partial charge in [-0.2, -0.15) is 0 Å². The summed E-state index contributed by atoms with van der Waals surface area (Å²) >= 11 is 0. The van der Waals surface area contributed by atoms with Crippen molar-refractivity contribution in [2.75, 3.05) is 12.8 Å². The maximum atomic E-state index is 12.9. The molecule has 2 aromatic heterocycles. The van der Waals surface area contributed by atoms with Crippen LogP contribution in [0.1, 0.15) is 44.4 Å². The van der Waals surface area contributed by atoms with Gasteiger partial charge < -0.3 is 20.4 Å². The Balaban J connectivity index is 1.62. The molecule has 1 aromatic carbocycles. The smallest absolute Gasteiger partial charge is 0.337 e. The predicted molar refractivity (Wildman–Crippen MR) is 99.2 cm³/mol. The molecule has 1 atom stereocenters. The third-order valence-electron chi connectivity index (χ3n) is 4.94. The number of hydrogen-bond donors (Lipinski definition) is 2. The van der Waals surface area contributed by atoms with Crippen LogP contribution in [0.3, 0.4) is 0 Å². The number of anilines is 1. The average Bonchev–Trinajstić information content (AvgIpc) is 3.21. The van der Waals surface area contributed by atoms with Crippen molar-refractivity contribution in [2.24, 2.45) is 7.05 Å². The molecule has 0 saturated heterocycles. The van der Waals surface area contributed by atoms with Crippen LogP contribution in [-0.2, 0) is 18.2 Å². The Morgan fingerprint density at radius 2 is 2.15 bits per heavy atom. The molecule has 0 radical (unpaired) electrons. The number of nitrogens with one attached hydrogen (secondary N) is 1. The van der Waals surface area contributed by atoms with Gasteiger partial charge in [-0.1, -0.05) is 6.07 Å². The summed E-state index contributed by atoms with van der Waals surface area (Å²) in [7, 11) is 3.16. The van der Waals surface area contributed by atoms with E-state index in [1.807, 2.05) is 12.1 Å². The van der Waals surface area contributed by atoms with E-state index in [0.717, 1.165) is 24.0 Å². The molecule has 8 heteroatoms. The Bertz CT molecular complexity index is 1070. The van der Waals surface area contributed by atoms with Gasteiger partial charge in [0, 0.05) is 13.2 Å². The summed E-state index contributed by atoms with van der Waals surface area (Å²) < 4.78 is 6.52. The minimum absolute atomic E-state index is 0.137. The van der Waals surface area contributed by atoms with Gasteiger partial charge in [-0.05, 0) is 36.1 Å². The number of hydrogen-bond acceptors (Lipinski definition) is 6. The van der Waals surface area contributed by atoms with Crippen LogP contribution < -0.4 is 11.1 Å². The highest BCUT2D eigenvalue weighted by molar-refractivity contribution is 6.05. The molecule has 3 aromatic rings. The lowest BCUT2D eigenvalue weighted by atomic mass is 10.0. The molecule has 0 saturated carbocycles. The molecule has 0 spiro atoms. The van der Waals surface area contributed by atoms with Gasteiger partial charge >= 0.3 is 5.97 Å². The van der Waals surface area contributed by atoms with Crippen LogP contribution in [-0.4, -0.2) is 33.5 Å². The number of methoxy groups -OCH3 is 1. The fraction of sp³-hybridized carbons (Fsp3) is 0.263. The Hall–Kier alpha value is -3.42. The second-order valence-electron chi connectivity index (χ2n) is 6.58. The number of nitrogens with zero attached hydrogens (tertiary/aromatic N) is 3. The van der Waals surface area contributed by atoms with Crippen molar-refractivity contribution in [2.45, 2.75) is 18.9 Å². The molecule has 1 aliphatic rings. The number of amides is 1. The number of benzene rings is 1. The topological polar surface area (TPSA) is 112 Å². The first-order chi connectivity index (χ1) is 13.0. The number of aromatic nitrogens is 3. The number of esters is 1. The summed E-state index contributed by atoms with van der Waals surface area (Å²) in [5.74, 6) is -0.645. The number of carbonyl (C=O) groups excluding carboxylic acids is 2. The maximum Gasteiger partial charge on any atom is 0.337 e. The summed E-state index contributed by atoms with van der Waals surface area (Å²) in [4.78, 5) is 32.9. The third kappa shape index (κ3) is 2.79. The molecule has 0 unspecified atom stereocenters. The Morgan fingerprint density at radius 1 is 1.33 bits per heavy atom. The van der Waals surface area contributed by atoms with Gasteiger partial charge in [0.15, 0.2) is 5.69 Å². The zero-order valence-electron chi connectivity index (χ0n) is 15.0. The van der Waals surface area contributed by atoms with Crippen LogP contribution in [0.4, 0.5) is 5.69 Å². The minimum Gasteiger partial charge on any atom is -0.465 e. The van der Waals surface area contributed by atoms with Crippen LogP contribution in [0.2, 0.25) is 0 Å². The molecule has 1 aliphatic carbocycles. The summed E-state index contributed by atoms with van der Waals surface area (Å²) in [6, 6.07) is 5.28. The fourth-order valence-electron chi connectivity index (χ4n) is 3.66. The lowest BCUT2D eigenvalue weighted by Gasteiger charge is -2.15. The number of fused-ring (bicyclic) bond motifs is 2. The van der Waals surface area contributed by atoms with Crippen LogP contribution >= 0.6 is 0 Å². The van der Waals surface area contributed by atoms with Crippen molar-refractivity contribution in [3.8, 4) is 0 Å². The minimum atomic E-state index is -0.366. The molecule has 8 nitrogen and oxygen atoms in total. The Morgan fingerprint density at radius 3 is 2.93 bits per heavy atom. The summed E-state index contributed by atoms with van der Waals surface area (Å²) in [6.45, 7) is 0. The van der Waals surface area contributed by atoms with Crippen molar-refractivity contribution in [3.05, 3.63) is 53.1 Å². The van der Waals surface area contributed by atoms with Gasteiger partial charge in [-0.3, -0.25) is 4.79 Å². The summed E-state index contributed by atoms with van der Waals surface area (Å²) in [5, 5.41) is 3.04. The van der Waals surface area contributed by atoms with Crippen molar-refractivity contribution >= 4 is 28.6 Å². The van der Waals surface area contributed by atoms with E-state index >= 15 is 0 Å². The lowest BCUT2D eigenvalue weighted by Crippen LogP contribution is -2.28. The van der Waals surface area contributed by atoms with Gasteiger partial charge in [0.2, 0.25) is 0 Å². The number of aryl methyl sites for hydroxylation is 2. The highest BCUT2D eigenvalue weighted by atomic mass is 16.5. The van der Waals surface area contributed by atoms with Crippen molar-refractivity contribution < 1.29 is 14.3 Å². The first kappa shape index (κ1) is 17.0. The van der Waals surface area contributed by atoms with E-state index in [-0.39, 0.29) is 17.9 Å². The van der Waals surface area contributed by atoms with Crippen LogP contribution in [0.15, 0.2) is 30.7 Å². The predicted octanol–water partition coefficient (Wildman–Crippen LogP) is 1.75. The molecule has 4 rings (SSSR count). The second kappa shape index (κ2) is 6.39. The van der Waals surface area contributed by atoms with Gasteiger partial charge in [-0.15, -0.1) is 0 Å². The molecule has 0 fully saturated rings. The number of rotatable bonds is 3. The molecule has 2 heterocycles. The van der Waals surface area contributed by atoms with E-state index in [9.17, 15) is 9.59 Å². The first-order valence-electron chi connectivity index (χ1n) is 8.57. The Labute approximate surface area is 155 Å². The van der Waals surface area contributed by atoms with Crippen LogP contribution in [0.25, 0.3) is 11.0 Å². The largest absolute Gasteiger partial charge is 0.465 e. The molecule has 27 heavy (non-hydrogen) atoms. The van der Waals surface area contributed by atoms with E-state index in [0.29, 0.717) is 28.0 Å². The monoisotopic (exact) mass is 365 g/mol. The van der Waals surface area contributed by atoms with Gasteiger partial charge in [-0.25, -0.2) is 14.8 Å². The van der Waals surface area contributed by atoms with Crippen molar-refractivity contribution in [1.29, 1.82) is 0 Å². The summed E-state index contributed by atoms with van der Waals surface area (Å²) in [5.41, 5.74) is 10.5. The average molecular weight is 365 g/mol. The highest BCUT2D eigenvalue weighted by Crippen LogP contribution is 2.32. The third-order valence-corrected chi connectivity index (χ3v) is 4.94. The van der Waals surface area contributed by atoms with Gasteiger partial charge in [0.05, 0.1) is 24.4 Å². The first-order valence-corrected chi connectivity index (χ1v) is 8.57. The zero-order valence-corrected chi connectivity index (χ0v) is 15.0. The molecule has 3 N–H and O–H groups in total. The SMILES string of the molecule is COC(=O)c1ccc2c(c1)CC[C@@H]2NC(=O)c1ncnc2c(N)cn(C)c12. The van der Waals surface area contributed by atoms with Crippen LogP contribution in [0.5, 0.6) is 0 Å². The fourth-order valence-corrected chi connectivity index (χ4v) is 3.66. The lowest BCUT2D eigenvalue weighted by molar-refractivity contribution is 0.0600. The van der Waals surface area contributed by atoms with E-state index in [1.54, 1.807) is 23.9 Å². The standard InChI is InChI=1S/C19H19N5O3/c1-24-8-13(20)15-17(24)16(22-9-21-15)18(25)23-14-6-4-10-7-11(19(26)27-2)3-5-12(10)14/h3,5,7-9,14H,4,6,20H2,1-2H3,(H,23,25)/t14-/m0/s1. The number of ether oxygens (including phenoxy) is 1. The zero-order chi connectivity index (χ0) is 19.1. The highest BCUT2D eigenvalue weighted by Gasteiger charge is 2.27. The maximum absolute atomic E-state index is 12.9. The van der Waals surface area contributed by atoms with E-state index in [2.05, 4.69) is 15.3 Å². The van der Waals surface area contributed by atoms with Crippen molar-refractivity contribution in [3.63, 3.8) is 0 Å². The van der Waals surface area contributed by atoms with Gasteiger partial charge in [0.25, 0.3) is 5.91 Å². The van der Waals surface area contributed by atoms with Crippen LogP contribution in [0, 0.1) is 0 Å². The second-order valence-corrected chi connectivity index (χ2v) is 6.58. The number of nitrogen functional groups attached to an aromatic ring is 1. The molecule has 1 amide bonds. The normalized spacial score (nSPS) is 15.6. The molecule has 0 aliphatic heterocycles. The molecule has 138 valence electrons. The Kier molecular flexibility index (Phi) is 4.02. The summed E-state index contributed by atoms with van der Waals surface area (Å²) in [6.07, 6.45) is 4.60. The van der Waals surface area contributed by atoms with E-state index < -0.39 is 0 Å². The van der Waals surface area contributed by atoms with Crippen molar-refractivity contribution in [1.82, 2.24) is 19.9 Å². The van der Waals surface area contributed by atoms with Gasteiger partial charge in [0.1, 0.15) is 17.4 Å². The molecule has 0 bridgehead atoms.